The largest absolute Gasteiger partial charge is 0.377 e. The summed E-state index contributed by atoms with van der Waals surface area (Å²) in [6.07, 6.45) is 0. The Morgan fingerprint density at radius 2 is 2.21 bits per heavy atom. The zero-order valence-electron chi connectivity index (χ0n) is 10.7. The van der Waals surface area contributed by atoms with Crippen LogP contribution in [0.5, 0.6) is 0 Å². The summed E-state index contributed by atoms with van der Waals surface area (Å²) >= 11 is 9.23. The molecule has 0 saturated carbocycles. The lowest BCUT2D eigenvalue weighted by Gasteiger charge is -2.09. The van der Waals surface area contributed by atoms with Gasteiger partial charge in [-0.15, -0.1) is 0 Å². The summed E-state index contributed by atoms with van der Waals surface area (Å²) in [6.45, 7) is 5.22. The SMILES string of the molecule is CCn1nc(C)c(Br)c1CNc1ccc(Cl)cc1F. The molecule has 1 aromatic carbocycles. The minimum atomic E-state index is -0.358. The molecule has 0 aliphatic heterocycles. The molecule has 2 rings (SSSR count). The van der Waals surface area contributed by atoms with E-state index in [1.54, 1.807) is 12.1 Å². The van der Waals surface area contributed by atoms with Crippen LogP contribution in [0.25, 0.3) is 0 Å². The van der Waals surface area contributed by atoms with Crippen LogP contribution in [0.3, 0.4) is 0 Å². The van der Waals surface area contributed by atoms with Gasteiger partial charge in [-0.2, -0.15) is 5.10 Å². The molecule has 1 N–H and O–H groups in total. The van der Waals surface area contributed by atoms with Crippen molar-refractivity contribution >= 4 is 33.2 Å². The summed E-state index contributed by atoms with van der Waals surface area (Å²) in [6, 6.07) is 4.58. The predicted octanol–water partition coefficient (Wildman–Crippen LogP) is 4.38. The molecule has 0 amide bonds. The highest BCUT2D eigenvalue weighted by atomic mass is 79.9. The molecule has 0 atom stereocenters. The van der Waals surface area contributed by atoms with Gasteiger partial charge in [0.05, 0.1) is 28.1 Å². The summed E-state index contributed by atoms with van der Waals surface area (Å²) < 4.78 is 16.5. The first-order valence-electron chi connectivity index (χ1n) is 5.93. The Labute approximate surface area is 124 Å². The van der Waals surface area contributed by atoms with E-state index in [0.717, 1.165) is 22.4 Å². The molecule has 3 nitrogen and oxygen atoms in total. The maximum absolute atomic E-state index is 13.7. The highest BCUT2D eigenvalue weighted by molar-refractivity contribution is 9.10. The van der Waals surface area contributed by atoms with Crippen LogP contribution in [0.4, 0.5) is 10.1 Å². The van der Waals surface area contributed by atoms with Crippen molar-refractivity contribution in [3.8, 4) is 0 Å². The van der Waals surface area contributed by atoms with Gasteiger partial charge in [-0.3, -0.25) is 4.68 Å². The van der Waals surface area contributed by atoms with E-state index < -0.39 is 0 Å². The predicted molar refractivity (Wildman–Crippen MR) is 79.1 cm³/mol. The van der Waals surface area contributed by atoms with Crippen molar-refractivity contribution in [3.05, 3.63) is 44.9 Å². The van der Waals surface area contributed by atoms with Gasteiger partial charge < -0.3 is 5.32 Å². The maximum atomic E-state index is 13.7. The Hall–Kier alpha value is -1.07. The summed E-state index contributed by atoms with van der Waals surface area (Å²) in [5.74, 6) is -0.358. The monoisotopic (exact) mass is 345 g/mol. The highest BCUT2D eigenvalue weighted by Gasteiger charge is 2.12. The van der Waals surface area contributed by atoms with Crippen LogP contribution in [0.15, 0.2) is 22.7 Å². The average molecular weight is 347 g/mol. The first-order valence-corrected chi connectivity index (χ1v) is 7.10. The molecule has 6 heteroatoms. The highest BCUT2D eigenvalue weighted by Crippen LogP contribution is 2.24. The number of benzene rings is 1. The van der Waals surface area contributed by atoms with Gasteiger partial charge in [0.15, 0.2) is 0 Å². The minimum Gasteiger partial charge on any atom is -0.377 e. The second kappa shape index (κ2) is 5.92. The lowest BCUT2D eigenvalue weighted by molar-refractivity contribution is 0.616. The second-order valence-corrected chi connectivity index (χ2v) is 5.37. The molecule has 0 aliphatic rings. The number of rotatable bonds is 4. The Morgan fingerprint density at radius 1 is 1.47 bits per heavy atom. The fourth-order valence-electron chi connectivity index (χ4n) is 1.85. The van der Waals surface area contributed by atoms with Crippen LogP contribution in [-0.2, 0) is 13.1 Å². The number of aryl methyl sites for hydroxylation is 2. The Kier molecular flexibility index (Phi) is 4.47. The van der Waals surface area contributed by atoms with Crippen molar-refractivity contribution in [2.45, 2.75) is 26.9 Å². The van der Waals surface area contributed by atoms with Gasteiger partial charge in [0.2, 0.25) is 0 Å². The third kappa shape index (κ3) is 3.09. The molecule has 0 spiro atoms. The molecule has 0 aliphatic carbocycles. The molecule has 0 radical (unpaired) electrons. The molecule has 0 unspecified atom stereocenters. The second-order valence-electron chi connectivity index (χ2n) is 4.14. The summed E-state index contributed by atoms with van der Waals surface area (Å²) in [4.78, 5) is 0. The molecule has 0 bridgehead atoms. The Morgan fingerprint density at radius 3 is 2.84 bits per heavy atom. The van der Waals surface area contributed by atoms with Crippen LogP contribution in [0, 0.1) is 12.7 Å². The lowest BCUT2D eigenvalue weighted by Crippen LogP contribution is -2.09. The first-order chi connectivity index (χ1) is 9.02. The molecule has 2 aromatic rings. The standard InChI is InChI=1S/C13H14BrClFN3/c1-3-19-12(13(14)8(2)18-19)7-17-11-5-4-9(15)6-10(11)16/h4-6,17H,3,7H2,1-2H3. The molecular formula is C13H14BrClFN3. The molecule has 1 heterocycles. The number of nitrogens with one attached hydrogen (secondary N) is 1. The van der Waals surface area contributed by atoms with Crippen molar-refractivity contribution in [1.29, 1.82) is 0 Å². The number of halogens is 3. The molecule has 1 aromatic heterocycles. The zero-order valence-corrected chi connectivity index (χ0v) is 13.0. The van der Waals surface area contributed by atoms with E-state index in [9.17, 15) is 4.39 Å². The Balaban J connectivity index is 2.18. The van der Waals surface area contributed by atoms with Crippen molar-refractivity contribution < 1.29 is 4.39 Å². The third-order valence-corrected chi connectivity index (χ3v) is 4.10. The minimum absolute atomic E-state index is 0.358. The molecular weight excluding hydrogens is 333 g/mol. The topological polar surface area (TPSA) is 29.9 Å². The number of hydrogen-bond donors (Lipinski definition) is 1. The number of nitrogens with zero attached hydrogens (tertiary/aromatic N) is 2. The van der Waals surface area contributed by atoms with E-state index in [2.05, 4.69) is 26.3 Å². The number of aromatic nitrogens is 2. The quantitative estimate of drug-likeness (QED) is 0.890. The summed E-state index contributed by atoms with van der Waals surface area (Å²) in [5, 5.41) is 7.84. The number of hydrogen-bond acceptors (Lipinski definition) is 2. The summed E-state index contributed by atoms with van der Waals surface area (Å²) in [5.41, 5.74) is 2.35. The van der Waals surface area contributed by atoms with E-state index >= 15 is 0 Å². The van der Waals surface area contributed by atoms with Gasteiger partial charge in [-0.1, -0.05) is 11.6 Å². The third-order valence-electron chi connectivity index (χ3n) is 2.83. The molecule has 0 fully saturated rings. The first kappa shape index (κ1) is 14.3. The summed E-state index contributed by atoms with van der Waals surface area (Å²) in [7, 11) is 0. The van der Waals surface area contributed by atoms with Crippen LogP contribution in [0.1, 0.15) is 18.3 Å². The van der Waals surface area contributed by atoms with Crippen molar-refractivity contribution in [2.24, 2.45) is 0 Å². The van der Waals surface area contributed by atoms with Gasteiger partial charge in [-0.25, -0.2) is 4.39 Å². The van der Waals surface area contributed by atoms with Crippen molar-refractivity contribution in [3.63, 3.8) is 0 Å². The maximum Gasteiger partial charge on any atom is 0.147 e. The number of anilines is 1. The van der Waals surface area contributed by atoms with Crippen LogP contribution in [-0.4, -0.2) is 9.78 Å². The normalized spacial score (nSPS) is 10.8. The van der Waals surface area contributed by atoms with Crippen molar-refractivity contribution in [2.75, 3.05) is 5.32 Å². The van der Waals surface area contributed by atoms with Crippen molar-refractivity contribution in [1.82, 2.24) is 9.78 Å². The fraction of sp³-hybridized carbons (Fsp3) is 0.308. The van der Waals surface area contributed by atoms with Gasteiger partial charge >= 0.3 is 0 Å². The van der Waals surface area contributed by atoms with Gasteiger partial charge in [-0.05, 0) is 48.0 Å². The molecule has 102 valence electrons. The van der Waals surface area contributed by atoms with Gasteiger partial charge in [0, 0.05) is 11.6 Å². The average Bonchev–Trinajstić information content (AvgIpc) is 2.65. The zero-order chi connectivity index (χ0) is 14.0. The van der Waals surface area contributed by atoms with Crippen LogP contribution >= 0.6 is 27.5 Å². The van der Waals surface area contributed by atoms with E-state index in [0.29, 0.717) is 17.3 Å². The molecule has 0 saturated heterocycles. The Bertz CT molecular complexity index is 598. The van der Waals surface area contributed by atoms with Gasteiger partial charge in [0.25, 0.3) is 0 Å². The van der Waals surface area contributed by atoms with Crippen LogP contribution in [0.2, 0.25) is 5.02 Å². The lowest BCUT2D eigenvalue weighted by atomic mass is 10.3. The van der Waals surface area contributed by atoms with E-state index in [4.69, 9.17) is 11.6 Å². The fourth-order valence-corrected chi connectivity index (χ4v) is 2.43. The molecule has 19 heavy (non-hydrogen) atoms. The van der Waals surface area contributed by atoms with Crippen LogP contribution < -0.4 is 5.32 Å². The van der Waals surface area contributed by atoms with E-state index in [1.165, 1.54) is 6.07 Å². The van der Waals surface area contributed by atoms with Gasteiger partial charge in [0.1, 0.15) is 5.82 Å². The van der Waals surface area contributed by atoms with E-state index in [1.807, 2.05) is 18.5 Å². The smallest absolute Gasteiger partial charge is 0.147 e. The van der Waals surface area contributed by atoms with E-state index in [-0.39, 0.29) is 5.82 Å².